The molecule has 1 aliphatic rings. The molecule has 19 heavy (non-hydrogen) atoms. The molecule has 0 spiro atoms. The Kier molecular flexibility index (Phi) is 5.37. The van der Waals surface area contributed by atoms with Crippen LogP contribution in [0.4, 0.5) is 0 Å². The van der Waals surface area contributed by atoms with E-state index in [9.17, 15) is 0 Å². The zero-order valence-electron chi connectivity index (χ0n) is 12.3. The van der Waals surface area contributed by atoms with E-state index in [-0.39, 0.29) is 0 Å². The summed E-state index contributed by atoms with van der Waals surface area (Å²) >= 11 is 0. The van der Waals surface area contributed by atoms with Crippen molar-refractivity contribution >= 4 is 0 Å². The lowest BCUT2D eigenvalue weighted by Gasteiger charge is -2.37. The molecule has 1 saturated heterocycles. The summed E-state index contributed by atoms with van der Waals surface area (Å²) in [6.45, 7) is 7.44. The minimum atomic E-state index is 0.668. The van der Waals surface area contributed by atoms with E-state index in [0.717, 1.165) is 19.6 Å². The topological polar surface area (TPSA) is 32.5 Å². The van der Waals surface area contributed by atoms with Crippen molar-refractivity contribution in [3.05, 3.63) is 35.4 Å². The highest BCUT2D eigenvalue weighted by atomic mass is 15.2. The summed E-state index contributed by atoms with van der Waals surface area (Å²) in [5.41, 5.74) is 8.52. The summed E-state index contributed by atoms with van der Waals surface area (Å²) in [5.74, 6) is 0. The van der Waals surface area contributed by atoms with E-state index in [1.807, 2.05) is 0 Å². The van der Waals surface area contributed by atoms with Crippen LogP contribution in [0, 0.1) is 6.92 Å². The average molecular weight is 261 g/mol. The molecule has 0 aliphatic carbocycles. The Balaban J connectivity index is 1.92. The largest absolute Gasteiger partial charge is 0.329 e. The molecule has 1 atom stereocenters. The fraction of sp³-hybridized carbons (Fsp3) is 0.625. The van der Waals surface area contributed by atoms with Crippen LogP contribution < -0.4 is 5.73 Å². The molecule has 1 aromatic rings. The van der Waals surface area contributed by atoms with Gasteiger partial charge < -0.3 is 10.6 Å². The number of rotatable bonds is 5. The molecular formula is C16H27N3. The van der Waals surface area contributed by atoms with Gasteiger partial charge in [0.25, 0.3) is 0 Å². The highest BCUT2D eigenvalue weighted by Gasteiger charge is 2.22. The second kappa shape index (κ2) is 7.04. The number of nitrogens with two attached hydrogens (primary N) is 1. The monoisotopic (exact) mass is 261 g/mol. The van der Waals surface area contributed by atoms with E-state index < -0.39 is 0 Å². The summed E-state index contributed by atoms with van der Waals surface area (Å²) in [5, 5.41) is 0. The van der Waals surface area contributed by atoms with Crippen LogP contribution in [0.3, 0.4) is 0 Å². The zero-order valence-corrected chi connectivity index (χ0v) is 12.3. The molecule has 0 bridgehead atoms. The Hall–Kier alpha value is -0.900. The third-order valence-corrected chi connectivity index (χ3v) is 4.24. The van der Waals surface area contributed by atoms with Crippen LogP contribution in [0.15, 0.2) is 24.3 Å². The highest BCUT2D eigenvalue weighted by Crippen LogP contribution is 2.18. The number of piperidine rings is 1. The standard InChI is InChI=1S/C16H27N3/c1-14-6-3-4-7-15(14)12-19-10-5-8-16(13-19)18(2)11-9-17/h3-4,6-7,16H,5,8-13,17H2,1-2H3. The lowest BCUT2D eigenvalue weighted by molar-refractivity contribution is 0.113. The van der Waals surface area contributed by atoms with Crippen molar-refractivity contribution < 1.29 is 0 Å². The minimum absolute atomic E-state index is 0.668. The number of likely N-dealkylation sites (N-methyl/N-ethyl adjacent to an activating group) is 1. The second-order valence-corrected chi connectivity index (χ2v) is 5.73. The van der Waals surface area contributed by atoms with Crippen molar-refractivity contribution in [1.29, 1.82) is 0 Å². The fourth-order valence-electron chi connectivity index (χ4n) is 2.95. The van der Waals surface area contributed by atoms with Crippen LogP contribution >= 0.6 is 0 Å². The van der Waals surface area contributed by atoms with Crippen LogP contribution in [0.25, 0.3) is 0 Å². The number of hydrogen-bond acceptors (Lipinski definition) is 3. The number of benzene rings is 1. The lowest BCUT2D eigenvalue weighted by atomic mass is 10.0. The van der Waals surface area contributed by atoms with Gasteiger partial charge in [-0.3, -0.25) is 4.90 Å². The van der Waals surface area contributed by atoms with Gasteiger partial charge in [0.1, 0.15) is 0 Å². The molecule has 1 unspecified atom stereocenters. The molecule has 1 fully saturated rings. The summed E-state index contributed by atoms with van der Waals surface area (Å²) in [4.78, 5) is 5.01. The third-order valence-electron chi connectivity index (χ3n) is 4.24. The summed E-state index contributed by atoms with van der Waals surface area (Å²) in [6, 6.07) is 9.39. The van der Waals surface area contributed by atoms with Gasteiger partial charge in [0.2, 0.25) is 0 Å². The minimum Gasteiger partial charge on any atom is -0.329 e. The van der Waals surface area contributed by atoms with E-state index >= 15 is 0 Å². The molecule has 0 saturated carbocycles. The lowest BCUT2D eigenvalue weighted by Crippen LogP contribution is -2.47. The quantitative estimate of drug-likeness (QED) is 0.878. The van der Waals surface area contributed by atoms with Crippen molar-refractivity contribution in [2.24, 2.45) is 5.73 Å². The molecule has 0 radical (unpaired) electrons. The van der Waals surface area contributed by atoms with Crippen LogP contribution in [-0.4, -0.2) is 49.1 Å². The van der Waals surface area contributed by atoms with E-state index in [2.05, 4.69) is 48.0 Å². The SMILES string of the molecule is Cc1ccccc1CN1CCCC(N(C)CCN)C1. The van der Waals surface area contributed by atoms with Gasteiger partial charge in [-0.15, -0.1) is 0 Å². The molecule has 0 aromatic heterocycles. The van der Waals surface area contributed by atoms with Crippen molar-refractivity contribution in [3.63, 3.8) is 0 Å². The van der Waals surface area contributed by atoms with Crippen LogP contribution in [-0.2, 0) is 6.54 Å². The third kappa shape index (κ3) is 4.03. The first-order valence-electron chi connectivity index (χ1n) is 7.38. The Bertz CT molecular complexity index is 391. The summed E-state index contributed by atoms with van der Waals surface area (Å²) in [6.07, 6.45) is 2.60. The van der Waals surface area contributed by atoms with Crippen LogP contribution in [0.5, 0.6) is 0 Å². The van der Waals surface area contributed by atoms with Crippen molar-refractivity contribution in [2.45, 2.75) is 32.4 Å². The van der Waals surface area contributed by atoms with Gasteiger partial charge in [-0.2, -0.15) is 0 Å². The van der Waals surface area contributed by atoms with E-state index in [0.29, 0.717) is 6.04 Å². The number of hydrogen-bond donors (Lipinski definition) is 1. The summed E-state index contributed by atoms with van der Waals surface area (Å²) in [7, 11) is 2.20. The van der Waals surface area contributed by atoms with Crippen LogP contribution in [0.2, 0.25) is 0 Å². The maximum atomic E-state index is 5.66. The van der Waals surface area contributed by atoms with Gasteiger partial charge in [-0.1, -0.05) is 24.3 Å². The maximum absolute atomic E-state index is 5.66. The first-order chi connectivity index (χ1) is 9.20. The molecule has 1 aliphatic heterocycles. The van der Waals surface area contributed by atoms with Gasteiger partial charge in [-0.05, 0) is 44.5 Å². The van der Waals surface area contributed by atoms with E-state index in [1.165, 1.54) is 37.1 Å². The van der Waals surface area contributed by atoms with Gasteiger partial charge >= 0.3 is 0 Å². The number of nitrogens with zero attached hydrogens (tertiary/aromatic N) is 2. The molecule has 1 heterocycles. The van der Waals surface area contributed by atoms with E-state index in [4.69, 9.17) is 5.73 Å². The molecule has 3 nitrogen and oxygen atoms in total. The smallest absolute Gasteiger partial charge is 0.0237 e. The average Bonchev–Trinajstić information content (AvgIpc) is 2.42. The normalized spacial score (nSPS) is 20.9. The molecule has 106 valence electrons. The van der Waals surface area contributed by atoms with Crippen molar-refractivity contribution in [3.8, 4) is 0 Å². The molecule has 2 rings (SSSR count). The Labute approximate surface area is 117 Å². The first kappa shape index (κ1) is 14.5. The molecule has 0 amide bonds. The maximum Gasteiger partial charge on any atom is 0.0237 e. The number of aryl methyl sites for hydroxylation is 1. The van der Waals surface area contributed by atoms with Gasteiger partial charge in [-0.25, -0.2) is 0 Å². The molecule has 2 N–H and O–H groups in total. The first-order valence-corrected chi connectivity index (χ1v) is 7.38. The Morgan fingerprint density at radius 3 is 2.89 bits per heavy atom. The van der Waals surface area contributed by atoms with Gasteiger partial charge in [0, 0.05) is 32.2 Å². The van der Waals surface area contributed by atoms with Crippen LogP contribution in [0.1, 0.15) is 24.0 Å². The zero-order chi connectivity index (χ0) is 13.7. The van der Waals surface area contributed by atoms with Crippen molar-refractivity contribution in [1.82, 2.24) is 9.80 Å². The second-order valence-electron chi connectivity index (χ2n) is 5.73. The highest BCUT2D eigenvalue weighted by molar-refractivity contribution is 5.25. The van der Waals surface area contributed by atoms with E-state index in [1.54, 1.807) is 0 Å². The molecular weight excluding hydrogens is 234 g/mol. The summed E-state index contributed by atoms with van der Waals surface area (Å²) < 4.78 is 0. The fourth-order valence-corrected chi connectivity index (χ4v) is 2.95. The van der Waals surface area contributed by atoms with Crippen molar-refractivity contribution in [2.75, 3.05) is 33.2 Å². The Morgan fingerprint density at radius 2 is 2.16 bits per heavy atom. The molecule has 1 aromatic carbocycles. The predicted octanol–water partition coefficient (Wildman–Crippen LogP) is 1.85. The Morgan fingerprint density at radius 1 is 1.37 bits per heavy atom. The number of likely N-dealkylation sites (tertiary alicyclic amines) is 1. The predicted molar refractivity (Wildman–Crippen MR) is 81.2 cm³/mol. The molecule has 3 heteroatoms. The van der Waals surface area contributed by atoms with Gasteiger partial charge in [0.15, 0.2) is 0 Å². The van der Waals surface area contributed by atoms with Gasteiger partial charge in [0.05, 0.1) is 0 Å².